The van der Waals surface area contributed by atoms with Crippen molar-refractivity contribution < 1.29 is 13.6 Å². The molecule has 2 rings (SSSR count). The maximum atomic E-state index is 13.0. The Hall–Kier alpha value is -1.75. The van der Waals surface area contributed by atoms with Gasteiger partial charge in [-0.2, -0.15) is 0 Å². The van der Waals surface area contributed by atoms with Crippen LogP contribution < -0.4 is 5.32 Å². The van der Waals surface area contributed by atoms with E-state index in [1.165, 1.54) is 12.1 Å². The number of benzene rings is 2. The predicted octanol–water partition coefficient (Wildman–Crippen LogP) is 3.70. The number of carbonyl (C=O) groups is 1. The van der Waals surface area contributed by atoms with E-state index >= 15 is 0 Å². The van der Waals surface area contributed by atoms with Crippen molar-refractivity contribution in [2.75, 3.05) is 6.54 Å². The molecule has 0 spiro atoms. The summed E-state index contributed by atoms with van der Waals surface area (Å²) >= 11 is 3.29. The average molecular weight is 340 g/mol. The van der Waals surface area contributed by atoms with E-state index in [9.17, 15) is 13.6 Å². The van der Waals surface area contributed by atoms with Gasteiger partial charge in [-0.25, -0.2) is 8.78 Å². The van der Waals surface area contributed by atoms with Crippen LogP contribution in [0.3, 0.4) is 0 Å². The largest absolute Gasteiger partial charge is 0.352 e. The van der Waals surface area contributed by atoms with Crippen molar-refractivity contribution in [3.63, 3.8) is 0 Å². The quantitative estimate of drug-likeness (QED) is 0.904. The highest BCUT2D eigenvalue weighted by Crippen LogP contribution is 2.15. The van der Waals surface area contributed by atoms with E-state index in [0.717, 1.165) is 6.07 Å². The lowest BCUT2D eigenvalue weighted by Gasteiger charge is -2.07. The number of hydrogen-bond donors (Lipinski definition) is 1. The van der Waals surface area contributed by atoms with Crippen LogP contribution in [-0.4, -0.2) is 12.5 Å². The molecule has 0 bridgehead atoms. The van der Waals surface area contributed by atoms with Crippen LogP contribution in [0.2, 0.25) is 0 Å². The van der Waals surface area contributed by atoms with Crippen LogP contribution in [0.15, 0.2) is 46.9 Å². The van der Waals surface area contributed by atoms with Crippen molar-refractivity contribution in [3.05, 3.63) is 69.7 Å². The summed E-state index contributed by atoms with van der Waals surface area (Å²) in [5.74, 6) is -1.45. The number of rotatable bonds is 4. The summed E-state index contributed by atoms with van der Waals surface area (Å²) in [6, 6.07) is 10.4. The minimum absolute atomic E-state index is 0.227. The fraction of sp³-hybridized carbons (Fsp3) is 0.133. The Morgan fingerprint density at radius 3 is 2.40 bits per heavy atom. The van der Waals surface area contributed by atoms with E-state index in [1.807, 2.05) is 6.07 Å². The smallest absolute Gasteiger partial charge is 0.252 e. The topological polar surface area (TPSA) is 29.1 Å². The van der Waals surface area contributed by atoms with Gasteiger partial charge in [0.25, 0.3) is 5.91 Å². The lowest BCUT2D eigenvalue weighted by atomic mass is 10.1. The number of nitrogens with one attached hydrogen (secondary N) is 1. The first-order chi connectivity index (χ1) is 9.56. The zero-order chi connectivity index (χ0) is 14.5. The van der Waals surface area contributed by atoms with Crippen molar-refractivity contribution in [1.29, 1.82) is 0 Å². The second kappa shape index (κ2) is 6.61. The monoisotopic (exact) mass is 339 g/mol. The molecule has 0 atom stereocenters. The van der Waals surface area contributed by atoms with Gasteiger partial charge in [-0.3, -0.25) is 4.79 Å². The van der Waals surface area contributed by atoms with Crippen molar-refractivity contribution in [1.82, 2.24) is 5.32 Å². The van der Waals surface area contributed by atoms with Gasteiger partial charge in [0.05, 0.1) is 5.56 Å². The summed E-state index contributed by atoms with van der Waals surface area (Å²) in [5.41, 5.74) is 1.04. The molecule has 0 radical (unpaired) electrons. The van der Waals surface area contributed by atoms with E-state index < -0.39 is 11.6 Å². The highest BCUT2D eigenvalue weighted by Gasteiger charge is 2.08. The molecule has 2 aromatic carbocycles. The predicted molar refractivity (Wildman–Crippen MR) is 76.5 cm³/mol. The average Bonchev–Trinajstić information content (AvgIpc) is 2.38. The Bertz CT molecular complexity index is 611. The normalized spacial score (nSPS) is 10.3. The SMILES string of the molecule is O=C(NCCc1cc(F)cc(F)c1)c1ccccc1Br. The molecule has 1 N–H and O–H groups in total. The first-order valence-corrected chi connectivity index (χ1v) is 6.83. The number of halogens is 3. The standard InChI is InChI=1S/C15H12BrF2NO/c16-14-4-2-1-3-13(14)15(20)19-6-5-10-7-11(17)9-12(18)8-10/h1-4,7-9H,5-6H2,(H,19,20). The first-order valence-electron chi connectivity index (χ1n) is 6.04. The van der Waals surface area contributed by atoms with Gasteiger partial charge < -0.3 is 5.32 Å². The molecule has 104 valence electrons. The van der Waals surface area contributed by atoms with Gasteiger partial charge in [0.15, 0.2) is 0 Å². The Morgan fingerprint density at radius 1 is 1.10 bits per heavy atom. The molecular formula is C15H12BrF2NO. The molecule has 2 nitrogen and oxygen atoms in total. The van der Waals surface area contributed by atoms with Crippen LogP contribution in [-0.2, 0) is 6.42 Å². The van der Waals surface area contributed by atoms with E-state index in [2.05, 4.69) is 21.2 Å². The van der Waals surface area contributed by atoms with E-state index in [1.54, 1.807) is 18.2 Å². The van der Waals surface area contributed by atoms with Crippen LogP contribution >= 0.6 is 15.9 Å². The van der Waals surface area contributed by atoms with Gasteiger partial charge in [0, 0.05) is 17.1 Å². The molecule has 0 fully saturated rings. The van der Waals surface area contributed by atoms with Gasteiger partial charge in [-0.15, -0.1) is 0 Å². The zero-order valence-electron chi connectivity index (χ0n) is 10.5. The van der Waals surface area contributed by atoms with Gasteiger partial charge in [-0.1, -0.05) is 12.1 Å². The number of carbonyl (C=O) groups excluding carboxylic acids is 1. The number of amides is 1. The third kappa shape index (κ3) is 3.87. The van der Waals surface area contributed by atoms with Gasteiger partial charge in [0.1, 0.15) is 11.6 Å². The minimum Gasteiger partial charge on any atom is -0.352 e. The highest BCUT2D eigenvalue weighted by molar-refractivity contribution is 9.10. The van der Waals surface area contributed by atoms with Crippen molar-refractivity contribution in [2.24, 2.45) is 0 Å². The molecule has 0 saturated heterocycles. The van der Waals surface area contributed by atoms with Gasteiger partial charge in [-0.05, 0) is 52.2 Å². The molecule has 0 unspecified atom stereocenters. The fourth-order valence-corrected chi connectivity index (χ4v) is 2.28. The lowest BCUT2D eigenvalue weighted by Crippen LogP contribution is -2.26. The third-order valence-corrected chi connectivity index (χ3v) is 3.43. The van der Waals surface area contributed by atoms with Crippen LogP contribution in [0, 0.1) is 11.6 Å². The molecule has 2 aromatic rings. The second-order valence-electron chi connectivity index (χ2n) is 4.26. The van der Waals surface area contributed by atoms with Crippen LogP contribution in [0.1, 0.15) is 15.9 Å². The summed E-state index contributed by atoms with van der Waals surface area (Å²) in [7, 11) is 0. The van der Waals surface area contributed by atoms with Crippen molar-refractivity contribution in [3.8, 4) is 0 Å². The summed E-state index contributed by atoms with van der Waals surface area (Å²) in [4.78, 5) is 11.9. The third-order valence-electron chi connectivity index (χ3n) is 2.74. The maximum absolute atomic E-state index is 13.0. The molecule has 5 heteroatoms. The van der Waals surface area contributed by atoms with Crippen molar-refractivity contribution in [2.45, 2.75) is 6.42 Å². The summed E-state index contributed by atoms with van der Waals surface area (Å²) in [5, 5.41) is 2.71. The maximum Gasteiger partial charge on any atom is 0.252 e. The molecule has 20 heavy (non-hydrogen) atoms. The highest BCUT2D eigenvalue weighted by atomic mass is 79.9. The Kier molecular flexibility index (Phi) is 4.84. The Morgan fingerprint density at radius 2 is 1.75 bits per heavy atom. The van der Waals surface area contributed by atoms with Crippen LogP contribution in [0.4, 0.5) is 8.78 Å². The zero-order valence-corrected chi connectivity index (χ0v) is 12.1. The summed E-state index contributed by atoms with van der Waals surface area (Å²) in [6.07, 6.45) is 0.366. The second-order valence-corrected chi connectivity index (χ2v) is 5.12. The summed E-state index contributed by atoms with van der Waals surface area (Å²) in [6.45, 7) is 0.309. The molecule has 0 saturated carbocycles. The van der Waals surface area contributed by atoms with Crippen LogP contribution in [0.25, 0.3) is 0 Å². The molecule has 0 aliphatic carbocycles. The molecule has 1 amide bonds. The number of hydrogen-bond acceptors (Lipinski definition) is 1. The minimum atomic E-state index is -0.614. The molecule has 0 aliphatic heterocycles. The summed E-state index contributed by atoms with van der Waals surface area (Å²) < 4.78 is 26.7. The Balaban J connectivity index is 1.93. The van der Waals surface area contributed by atoms with E-state index in [0.29, 0.717) is 28.6 Å². The molecular weight excluding hydrogens is 328 g/mol. The van der Waals surface area contributed by atoms with Crippen LogP contribution in [0.5, 0.6) is 0 Å². The van der Waals surface area contributed by atoms with E-state index in [-0.39, 0.29) is 5.91 Å². The molecule has 0 aliphatic rings. The Labute approximate surface area is 123 Å². The fourth-order valence-electron chi connectivity index (χ4n) is 1.82. The van der Waals surface area contributed by atoms with Gasteiger partial charge >= 0.3 is 0 Å². The first kappa shape index (κ1) is 14.7. The molecule has 0 aromatic heterocycles. The molecule has 0 heterocycles. The van der Waals surface area contributed by atoms with E-state index in [4.69, 9.17) is 0 Å². The van der Waals surface area contributed by atoms with Gasteiger partial charge in [0.2, 0.25) is 0 Å². The van der Waals surface area contributed by atoms with Crippen molar-refractivity contribution >= 4 is 21.8 Å². The lowest BCUT2D eigenvalue weighted by molar-refractivity contribution is 0.0953.